The Morgan fingerprint density at radius 3 is 2.48 bits per heavy atom. The van der Waals surface area contributed by atoms with E-state index in [9.17, 15) is 4.79 Å². The molecule has 0 aliphatic carbocycles. The molecule has 136 valence electrons. The van der Waals surface area contributed by atoms with Gasteiger partial charge in [0.1, 0.15) is 11.0 Å². The van der Waals surface area contributed by atoms with Crippen LogP contribution in [0.1, 0.15) is 26.7 Å². The van der Waals surface area contributed by atoms with Gasteiger partial charge in [0.25, 0.3) is 0 Å². The number of aromatic nitrogens is 4. The van der Waals surface area contributed by atoms with Crippen molar-refractivity contribution in [2.75, 3.05) is 49.3 Å². The number of hydrogen-bond donors (Lipinski definition) is 3. The molecule has 2 heterocycles. The van der Waals surface area contributed by atoms with E-state index in [-0.39, 0.29) is 12.5 Å². The van der Waals surface area contributed by atoms with Crippen molar-refractivity contribution in [2.45, 2.75) is 26.7 Å². The third-order valence-electron chi connectivity index (χ3n) is 3.36. The van der Waals surface area contributed by atoms with Crippen LogP contribution in [0.3, 0.4) is 0 Å². The lowest BCUT2D eigenvalue weighted by Gasteiger charge is -2.15. The molecule has 0 unspecified atom stereocenters. The number of nitrogens with zero attached hydrogens (tertiary/aromatic N) is 5. The highest BCUT2D eigenvalue weighted by Crippen LogP contribution is 2.22. The van der Waals surface area contributed by atoms with E-state index in [0.29, 0.717) is 35.3 Å². The van der Waals surface area contributed by atoms with Crippen LogP contribution in [0.4, 0.5) is 17.7 Å². The van der Waals surface area contributed by atoms with Crippen LogP contribution in [0.5, 0.6) is 0 Å². The minimum atomic E-state index is -0.0891. The van der Waals surface area contributed by atoms with Gasteiger partial charge in [0, 0.05) is 27.2 Å². The number of anilines is 3. The molecule has 9 nitrogen and oxygen atoms in total. The average Bonchev–Trinajstić information content (AvgIpc) is 2.61. The summed E-state index contributed by atoms with van der Waals surface area (Å²) in [5.41, 5.74) is 1.29. The standard InChI is InChI=1S/C16H26N8O/c1-5-7-17-12(25)10-20-15-19-9-11-13(22-15)14(24(3)4)23-16(21-11)18-8-6-2/h9H,5-8,10H2,1-4H3,(H,17,25)(H,18,21,23)(H,19,20,22). The van der Waals surface area contributed by atoms with E-state index >= 15 is 0 Å². The van der Waals surface area contributed by atoms with E-state index in [1.165, 1.54) is 0 Å². The fourth-order valence-electron chi connectivity index (χ4n) is 2.11. The van der Waals surface area contributed by atoms with E-state index in [0.717, 1.165) is 19.4 Å². The largest absolute Gasteiger partial charge is 0.361 e. The number of amides is 1. The average molecular weight is 346 g/mol. The molecule has 9 heteroatoms. The lowest BCUT2D eigenvalue weighted by Crippen LogP contribution is -2.30. The Morgan fingerprint density at radius 1 is 1.04 bits per heavy atom. The first-order valence-electron chi connectivity index (χ1n) is 8.51. The summed E-state index contributed by atoms with van der Waals surface area (Å²) in [5, 5.41) is 8.92. The van der Waals surface area contributed by atoms with Crippen molar-refractivity contribution >= 4 is 34.7 Å². The van der Waals surface area contributed by atoms with Crippen LogP contribution in [0.2, 0.25) is 0 Å². The molecular weight excluding hydrogens is 320 g/mol. The van der Waals surface area contributed by atoms with Gasteiger partial charge in [-0.15, -0.1) is 0 Å². The Labute approximate surface area is 147 Å². The summed E-state index contributed by atoms with van der Waals surface area (Å²) in [7, 11) is 3.80. The van der Waals surface area contributed by atoms with Crippen molar-refractivity contribution in [2.24, 2.45) is 0 Å². The molecule has 2 aromatic heterocycles. The van der Waals surface area contributed by atoms with Crippen LogP contribution in [-0.2, 0) is 4.79 Å². The van der Waals surface area contributed by atoms with Crippen LogP contribution < -0.4 is 20.9 Å². The molecule has 0 spiro atoms. The minimum absolute atomic E-state index is 0.0891. The second-order valence-electron chi connectivity index (χ2n) is 5.82. The first-order chi connectivity index (χ1) is 12.0. The molecule has 0 aliphatic heterocycles. The second kappa shape index (κ2) is 8.95. The Bertz CT molecular complexity index is 719. The molecule has 3 N–H and O–H groups in total. The minimum Gasteiger partial charge on any atom is -0.361 e. The molecule has 0 radical (unpaired) electrons. The molecule has 0 aliphatic rings. The first-order valence-corrected chi connectivity index (χ1v) is 8.51. The summed E-state index contributed by atoms with van der Waals surface area (Å²) in [6.45, 7) is 5.67. The van der Waals surface area contributed by atoms with E-state index < -0.39 is 0 Å². The third kappa shape index (κ3) is 5.13. The number of hydrogen-bond acceptors (Lipinski definition) is 8. The third-order valence-corrected chi connectivity index (χ3v) is 3.36. The van der Waals surface area contributed by atoms with Crippen LogP contribution in [-0.4, -0.2) is 59.6 Å². The molecule has 2 aromatic rings. The number of carbonyl (C=O) groups excluding carboxylic acids is 1. The predicted molar refractivity (Wildman–Crippen MR) is 100 cm³/mol. The SMILES string of the molecule is CCCNC(=O)CNc1ncc2nc(NCCC)nc(N(C)C)c2n1. The zero-order chi connectivity index (χ0) is 18.2. The maximum Gasteiger partial charge on any atom is 0.239 e. The highest BCUT2D eigenvalue weighted by Gasteiger charge is 2.13. The van der Waals surface area contributed by atoms with Crippen molar-refractivity contribution in [3.05, 3.63) is 6.20 Å². The number of carbonyl (C=O) groups is 1. The van der Waals surface area contributed by atoms with Gasteiger partial charge >= 0.3 is 0 Å². The monoisotopic (exact) mass is 346 g/mol. The summed E-state index contributed by atoms with van der Waals surface area (Å²) >= 11 is 0. The van der Waals surface area contributed by atoms with Gasteiger partial charge in [-0.2, -0.15) is 4.98 Å². The Hall–Kier alpha value is -2.71. The molecule has 0 atom stereocenters. The number of nitrogens with one attached hydrogen (secondary N) is 3. The lowest BCUT2D eigenvalue weighted by molar-refractivity contribution is -0.119. The van der Waals surface area contributed by atoms with E-state index in [1.807, 2.05) is 25.9 Å². The molecular formula is C16H26N8O. The number of rotatable bonds is 9. The smallest absolute Gasteiger partial charge is 0.239 e. The van der Waals surface area contributed by atoms with Crippen molar-refractivity contribution in [1.82, 2.24) is 25.3 Å². The highest BCUT2D eigenvalue weighted by atomic mass is 16.1. The van der Waals surface area contributed by atoms with E-state index in [4.69, 9.17) is 0 Å². The molecule has 1 amide bonds. The van der Waals surface area contributed by atoms with E-state index in [1.54, 1.807) is 6.20 Å². The van der Waals surface area contributed by atoms with Gasteiger partial charge in [0.15, 0.2) is 5.82 Å². The lowest BCUT2D eigenvalue weighted by atomic mass is 10.4. The van der Waals surface area contributed by atoms with Gasteiger partial charge < -0.3 is 20.9 Å². The zero-order valence-electron chi connectivity index (χ0n) is 15.3. The van der Waals surface area contributed by atoms with E-state index in [2.05, 4.69) is 42.8 Å². The quantitative estimate of drug-likeness (QED) is 0.622. The van der Waals surface area contributed by atoms with Gasteiger partial charge in [0.05, 0.1) is 12.7 Å². The van der Waals surface area contributed by atoms with Crippen molar-refractivity contribution in [3.63, 3.8) is 0 Å². The summed E-state index contributed by atoms with van der Waals surface area (Å²) in [6.07, 6.45) is 3.52. The van der Waals surface area contributed by atoms with Gasteiger partial charge in [-0.05, 0) is 12.8 Å². The van der Waals surface area contributed by atoms with Crippen LogP contribution in [0, 0.1) is 0 Å². The molecule has 0 bridgehead atoms. The Balaban J connectivity index is 2.22. The fraction of sp³-hybridized carbons (Fsp3) is 0.562. The maximum absolute atomic E-state index is 11.7. The summed E-state index contributed by atoms with van der Waals surface area (Å²) in [5.74, 6) is 1.54. The van der Waals surface area contributed by atoms with Crippen molar-refractivity contribution in [1.29, 1.82) is 0 Å². The Morgan fingerprint density at radius 2 is 1.80 bits per heavy atom. The maximum atomic E-state index is 11.7. The fourth-order valence-corrected chi connectivity index (χ4v) is 2.11. The molecule has 0 saturated carbocycles. The highest BCUT2D eigenvalue weighted by molar-refractivity contribution is 5.87. The Kier molecular flexibility index (Phi) is 6.67. The van der Waals surface area contributed by atoms with Gasteiger partial charge in [0.2, 0.25) is 17.8 Å². The van der Waals surface area contributed by atoms with Crippen LogP contribution >= 0.6 is 0 Å². The van der Waals surface area contributed by atoms with Gasteiger partial charge in [-0.1, -0.05) is 13.8 Å². The van der Waals surface area contributed by atoms with Gasteiger partial charge in [-0.3, -0.25) is 4.79 Å². The van der Waals surface area contributed by atoms with Crippen molar-refractivity contribution < 1.29 is 4.79 Å². The van der Waals surface area contributed by atoms with Crippen molar-refractivity contribution in [3.8, 4) is 0 Å². The molecule has 2 rings (SSSR count). The number of fused-ring (bicyclic) bond motifs is 1. The zero-order valence-corrected chi connectivity index (χ0v) is 15.3. The predicted octanol–water partition coefficient (Wildman–Crippen LogP) is 1.25. The first kappa shape index (κ1) is 18.6. The summed E-state index contributed by atoms with van der Waals surface area (Å²) < 4.78 is 0. The van der Waals surface area contributed by atoms with Gasteiger partial charge in [-0.25, -0.2) is 15.0 Å². The summed E-state index contributed by atoms with van der Waals surface area (Å²) in [4.78, 5) is 31.3. The second-order valence-corrected chi connectivity index (χ2v) is 5.82. The summed E-state index contributed by atoms with van der Waals surface area (Å²) in [6, 6.07) is 0. The topological polar surface area (TPSA) is 108 Å². The molecule has 25 heavy (non-hydrogen) atoms. The molecule has 0 saturated heterocycles. The molecule has 0 fully saturated rings. The van der Waals surface area contributed by atoms with Crippen LogP contribution in [0.15, 0.2) is 6.20 Å². The molecule has 0 aromatic carbocycles. The van der Waals surface area contributed by atoms with Crippen LogP contribution in [0.25, 0.3) is 11.0 Å². The normalized spacial score (nSPS) is 10.6.